The van der Waals surface area contributed by atoms with Crippen LogP contribution >= 0.6 is 0 Å². The molecule has 0 spiro atoms. The van der Waals surface area contributed by atoms with Gasteiger partial charge in [-0.05, 0) is 43.1 Å². The van der Waals surface area contributed by atoms with Crippen LogP contribution in [0.15, 0.2) is 42.5 Å². The third-order valence-electron chi connectivity index (χ3n) is 5.54. The van der Waals surface area contributed by atoms with Crippen molar-refractivity contribution in [2.24, 2.45) is 0 Å². The Labute approximate surface area is 184 Å². The monoisotopic (exact) mass is 450 g/mol. The van der Waals surface area contributed by atoms with Crippen molar-refractivity contribution in [1.82, 2.24) is 10.2 Å². The highest BCUT2D eigenvalue weighted by Gasteiger charge is 2.32. The number of hydrogen-bond donors (Lipinski definition) is 1. The number of para-hydroxylation sites is 1. The standard InChI is InChI=1S/C23H25F3N2O4/c24-23(25,26)32-19-7-2-1-5-17(19)14-27-22(29)15-28-10-3-6-18(28)16-8-9-20-21(13-16)31-12-4-11-30-20/h1-2,5,7-9,13,18H,3-4,6,10-12,14-15H2,(H,27,29)/t18-/m1/s1. The van der Waals surface area contributed by atoms with Gasteiger partial charge in [-0.15, -0.1) is 13.2 Å². The van der Waals surface area contributed by atoms with Gasteiger partial charge < -0.3 is 19.5 Å². The van der Waals surface area contributed by atoms with E-state index in [0.29, 0.717) is 13.2 Å². The molecule has 1 atom stereocenters. The van der Waals surface area contributed by atoms with Crippen molar-refractivity contribution in [1.29, 1.82) is 0 Å². The number of rotatable bonds is 6. The van der Waals surface area contributed by atoms with Crippen LogP contribution in [0.25, 0.3) is 0 Å². The predicted molar refractivity (Wildman–Crippen MR) is 111 cm³/mol. The van der Waals surface area contributed by atoms with E-state index in [4.69, 9.17) is 9.47 Å². The Morgan fingerprint density at radius 1 is 1.09 bits per heavy atom. The molecule has 9 heteroatoms. The highest BCUT2D eigenvalue weighted by molar-refractivity contribution is 5.78. The van der Waals surface area contributed by atoms with E-state index < -0.39 is 6.36 Å². The number of nitrogens with one attached hydrogen (secondary N) is 1. The zero-order valence-corrected chi connectivity index (χ0v) is 17.5. The normalized spacial score (nSPS) is 18.8. The minimum atomic E-state index is -4.79. The average molecular weight is 450 g/mol. The molecule has 0 radical (unpaired) electrons. The van der Waals surface area contributed by atoms with Crippen LogP contribution in [-0.4, -0.2) is 43.5 Å². The van der Waals surface area contributed by atoms with Crippen molar-refractivity contribution >= 4 is 5.91 Å². The summed E-state index contributed by atoms with van der Waals surface area (Å²) < 4.78 is 53.3. The number of nitrogens with zero attached hydrogens (tertiary/aromatic N) is 1. The maximum absolute atomic E-state index is 12.6. The highest BCUT2D eigenvalue weighted by Crippen LogP contribution is 2.37. The SMILES string of the molecule is O=C(CN1CCC[C@@H]1c1ccc2c(c1)OCCCO2)NCc1ccccc1OC(F)(F)F. The first-order valence-corrected chi connectivity index (χ1v) is 10.6. The molecule has 2 aromatic carbocycles. The van der Waals surface area contributed by atoms with Gasteiger partial charge in [-0.2, -0.15) is 0 Å². The quantitative estimate of drug-likeness (QED) is 0.715. The van der Waals surface area contributed by atoms with E-state index in [1.165, 1.54) is 18.2 Å². The van der Waals surface area contributed by atoms with Crippen molar-refractivity contribution in [2.75, 3.05) is 26.3 Å². The van der Waals surface area contributed by atoms with Crippen molar-refractivity contribution in [2.45, 2.75) is 38.2 Å². The van der Waals surface area contributed by atoms with E-state index in [0.717, 1.165) is 42.9 Å². The molecule has 2 heterocycles. The molecule has 4 rings (SSSR count). The first-order chi connectivity index (χ1) is 15.4. The fourth-order valence-corrected chi connectivity index (χ4v) is 4.09. The van der Waals surface area contributed by atoms with Crippen LogP contribution in [0.5, 0.6) is 17.2 Å². The molecule has 0 unspecified atom stereocenters. The first kappa shape index (κ1) is 22.3. The molecule has 1 saturated heterocycles. The smallest absolute Gasteiger partial charge is 0.490 e. The van der Waals surface area contributed by atoms with Crippen LogP contribution in [0, 0.1) is 0 Å². The third-order valence-corrected chi connectivity index (χ3v) is 5.54. The summed E-state index contributed by atoms with van der Waals surface area (Å²) in [7, 11) is 0. The number of amides is 1. The van der Waals surface area contributed by atoms with Gasteiger partial charge >= 0.3 is 6.36 Å². The summed E-state index contributed by atoms with van der Waals surface area (Å²) in [6.45, 7) is 2.10. The Kier molecular flexibility index (Phi) is 6.74. The van der Waals surface area contributed by atoms with Gasteiger partial charge in [0.1, 0.15) is 5.75 Å². The lowest BCUT2D eigenvalue weighted by Crippen LogP contribution is -2.36. The molecule has 0 bridgehead atoms. The van der Waals surface area contributed by atoms with Crippen molar-refractivity contribution in [3.05, 3.63) is 53.6 Å². The molecule has 1 amide bonds. The summed E-state index contributed by atoms with van der Waals surface area (Å²) >= 11 is 0. The van der Waals surface area contributed by atoms with Crippen LogP contribution < -0.4 is 19.5 Å². The van der Waals surface area contributed by atoms with Gasteiger partial charge in [0.05, 0.1) is 19.8 Å². The fourth-order valence-electron chi connectivity index (χ4n) is 4.09. The Balaban J connectivity index is 1.37. The third kappa shape index (κ3) is 5.64. The minimum absolute atomic E-state index is 0.0480. The molecule has 2 aliphatic rings. The zero-order chi connectivity index (χ0) is 22.6. The Hall–Kier alpha value is -2.94. The van der Waals surface area contributed by atoms with Gasteiger partial charge in [0.2, 0.25) is 5.91 Å². The maximum Gasteiger partial charge on any atom is 0.573 e. The minimum Gasteiger partial charge on any atom is -0.490 e. The van der Waals surface area contributed by atoms with Gasteiger partial charge in [0.15, 0.2) is 11.5 Å². The van der Waals surface area contributed by atoms with E-state index in [2.05, 4.69) is 15.0 Å². The van der Waals surface area contributed by atoms with Crippen molar-refractivity contribution in [3.8, 4) is 17.2 Å². The lowest BCUT2D eigenvalue weighted by molar-refractivity contribution is -0.274. The zero-order valence-electron chi connectivity index (χ0n) is 17.5. The summed E-state index contributed by atoms with van der Waals surface area (Å²) in [6.07, 6.45) is -2.09. The molecule has 2 aromatic rings. The van der Waals surface area contributed by atoms with E-state index in [-0.39, 0.29) is 36.4 Å². The molecular formula is C23H25F3N2O4. The molecule has 2 aliphatic heterocycles. The van der Waals surface area contributed by atoms with E-state index in [1.807, 2.05) is 18.2 Å². The Morgan fingerprint density at radius 3 is 2.69 bits per heavy atom. The topological polar surface area (TPSA) is 60.0 Å². The fraction of sp³-hybridized carbons (Fsp3) is 0.435. The molecule has 0 aromatic heterocycles. The first-order valence-electron chi connectivity index (χ1n) is 10.6. The van der Waals surface area contributed by atoms with Crippen LogP contribution in [0.3, 0.4) is 0 Å². The number of hydrogen-bond acceptors (Lipinski definition) is 5. The molecule has 0 aliphatic carbocycles. The summed E-state index contributed by atoms with van der Waals surface area (Å²) in [5, 5.41) is 2.71. The molecule has 172 valence electrons. The lowest BCUT2D eigenvalue weighted by atomic mass is 10.0. The Morgan fingerprint density at radius 2 is 1.88 bits per heavy atom. The second-order valence-electron chi connectivity index (χ2n) is 7.82. The second kappa shape index (κ2) is 9.68. The van der Waals surface area contributed by atoms with Crippen molar-refractivity contribution < 1.29 is 32.2 Å². The van der Waals surface area contributed by atoms with Gasteiger partial charge in [-0.1, -0.05) is 24.3 Å². The Bertz CT molecular complexity index is 951. The molecule has 6 nitrogen and oxygen atoms in total. The number of carbonyl (C=O) groups excluding carboxylic acids is 1. The lowest BCUT2D eigenvalue weighted by Gasteiger charge is -2.25. The van der Waals surface area contributed by atoms with Gasteiger partial charge in [-0.25, -0.2) is 0 Å². The van der Waals surface area contributed by atoms with Crippen LogP contribution in [0.2, 0.25) is 0 Å². The molecule has 1 N–H and O–H groups in total. The van der Waals surface area contributed by atoms with E-state index >= 15 is 0 Å². The number of ether oxygens (including phenoxy) is 3. The maximum atomic E-state index is 12.6. The number of likely N-dealkylation sites (tertiary alicyclic amines) is 1. The van der Waals surface area contributed by atoms with E-state index in [9.17, 15) is 18.0 Å². The second-order valence-corrected chi connectivity index (χ2v) is 7.82. The molecule has 32 heavy (non-hydrogen) atoms. The summed E-state index contributed by atoms with van der Waals surface area (Å²) in [6, 6.07) is 11.7. The van der Waals surface area contributed by atoms with E-state index in [1.54, 1.807) is 6.07 Å². The number of benzene rings is 2. The summed E-state index contributed by atoms with van der Waals surface area (Å²) in [5.74, 6) is 0.880. The summed E-state index contributed by atoms with van der Waals surface area (Å²) in [4.78, 5) is 14.6. The van der Waals surface area contributed by atoms with Gasteiger partial charge in [0, 0.05) is 24.6 Å². The van der Waals surface area contributed by atoms with Crippen LogP contribution in [-0.2, 0) is 11.3 Å². The van der Waals surface area contributed by atoms with Crippen molar-refractivity contribution in [3.63, 3.8) is 0 Å². The van der Waals surface area contributed by atoms with Gasteiger partial charge in [-0.3, -0.25) is 9.69 Å². The largest absolute Gasteiger partial charge is 0.573 e. The van der Waals surface area contributed by atoms with Crippen LogP contribution in [0.1, 0.15) is 36.4 Å². The molecule has 1 fully saturated rings. The number of halogens is 3. The predicted octanol–water partition coefficient (Wildman–Crippen LogP) is 4.20. The van der Waals surface area contributed by atoms with Gasteiger partial charge in [0.25, 0.3) is 0 Å². The molecule has 0 saturated carbocycles. The number of carbonyl (C=O) groups is 1. The van der Waals surface area contributed by atoms with Crippen LogP contribution in [0.4, 0.5) is 13.2 Å². The average Bonchev–Trinajstić information content (AvgIpc) is 3.07. The summed E-state index contributed by atoms with van der Waals surface area (Å²) in [5.41, 5.74) is 1.32. The number of alkyl halides is 3. The molecular weight excluding hydrogens is 425 g/mol. The number of fused-ring (bicyclic) bond motifs is 1. The highest BCUT2D eigenvalue weighted by atomic mass is 19.4.